The summed E-state index contributed by atoms with van der Waals surface area (Å²) in [5.41, 5.74) is 1.42. The van der Waals surface area contributed by atoms with E-state index in [2.05, 4.69) is 15.0 Å². The molecule has 0 saturated heterocycles. The highest BCUT2D eigenvalue weighted by Crippen LogP contribution is 2.31. The lowest BCUT2D eigenvalue weighted by atomic mass is 10.2. The minimum absolute atomic E-state index is 0.104. The first-order valence-electron chi connectivity index (χ1n) is 7.66. The van der Waals surface area contributed by atoms with Gasteiger partial charge in [0.2, 0.25) is 5.88 Å². The Morgan fingerprint density at radius 2 is 1.88 bits per heavy atom. The molecule has 0 aliphatic carbocycles. The third-order valence-corrected chi connectivity index (χ3v) is 3.78. The zero-order valence-electron chi connectivity index (χ0n) is 14.1. The van der Waals surface area contributed by atoms with Crippen molar-refractivity contribution in [1.29, 1.82) is 0 Å². The summed E-state index contributed by atoms with van der Waals surface area (Å²) in [6, 6.07) is 5.72. The van der Waals surface area contributed by atoms with E-state index in [0.29, 0.717) is 35.4 Å². The average Bonchev–Trinajstić information content (AvgIpc) is 3.04. The van der Waals surface area contributed by atoms with Crippen LogP contribution in [0.3, 0.4) is 0 Å². The van der Waals surface area contributed by atoms with Crippen LogP contribution in [0.4, 0.5) is 0 Å². The zero-order valence-corrected chi connectivity index (χ0v) is 14.1. The second-order valence-corrected chi connectivity index (χ2v) is 5.79. The number of aromatic nitrogens is 4. The highest BCUT2D eigenvalue weighted by molar-refractivity contribution is 5.58. The molecule has 1 aromatic rings. The fourth-order valence-corrected chi connectivity index (χ4v) is 2.49. The number of benzene rings is 1. The number of imidazole rings is 1. The van der Waals surface area contributed by atoms with Gasteiger partial charge in [-0.25, -0.2) is 15.0 Å². The Morgan fingerprint density at radius 3 is 2.54 bits per heavy atom. The maximum Gasteiger partial charge on any atom is 0.242 e. The molecule has 0 aromatic heterocycles. The van der Waals surface area contributed by atoms with Gasteiger partial charge >= 0.3 is 0 Å². The topological polar surface area (TPSA) is 82.3 Å². The Balaban J connectivity index is 2.00. The number of ether oxygens (including phenoxy) is 2. The van der Waals surface area contributed by atoms with Crippen molar-refractivity contribution in [2.24, 2.45) is 0 Å². The Hall–Kier alpha value is -2.83. The van der Waals surface area contributed by atoms with Gasteiger partial charge in [-0.15, -0.1) is 0 Å². The number of hydrogen-bond acceptors (Lipinski definition) is 6. The molecule has 24 heavy (non-hydrogen) atoms. The maximum absolute atomic E-state index is 9.94. The number of fused-ring (bicyclic) bond motifs is 1. The van der Waals surface area contributed by atoms with Crippen LogP contribution in [-0.2, 0) is 6.54 Å². The van der Waals surface area contributed by atoms with Crippen LogP contribution >= 0.6 is 0 Å². The average molecular weight is 328 g/mol. The molecular formula is C17H20N4O3. The van der Waals surface area contributed by atoms with Gasteiger partial charge in [-0.1, -0.05) is 19.9 Å². The second kappa shape index (κ2) is 6.35. The van der Waals surface area contributed by atoms with Gasteiger partial charge in [0, 0.05) is 5.92 Å². The molecule has 2 aliphatic heterocycles. The van der Waals surface area contributed by atoms with Gasteiger partial charge in [0.25, 0.3) is 0 Å². The minimum atomic E-state index is -0.104. The summed E-state index contributed by atoms with van der Waals surface area (Å²) in [7, 11) is 3.21. The van der Waals surface area contributed by atoms with Crippen LogP contribution in [0.15, 0.2) is 24.5 Å². The molecule has 0 amide bonds. The van der Waals surface area contributed by atoms with E-state index in [-0.39, 0.29) is 11.8 Å². The highest BCUT2D eigenvalue weighted by Gasteiger charge is 2.21. The van der Waals surface area contributed by atoms with Gasteiger partial charge in [-0.05, 0) is 17.7 Å². The quantitative estimate of drug-likeness (QED) is 0.775. The first-order chi connectivity index (χ1) is 11.5. The highest BCUT2D eigenvalue weighted by atomic mass is 16.5. The lowest BCUT2D eigenvalue weighted by Crippen LogP contribution is -2.07. The van der Waals surface area contributed by atoms with Crippen LogP contribution in [0.1, 0.15) is 31.2 Å². The zero-order chi connectivity index (χ0) is 17.3. The fraction of sp³-hybridized carbons (Fsp3) is 0.353. The predicted molar refractivity (Wildman–Crippen MR) is 88.8 cm³/mol. The van der Waals surface area contributed by atoms with E-state index in [1.54, 1.807) is 20.5 Å². The van der Waals surface area contributed by atoms with Gasteiger partial charge in [-0.3, -0.25) is 0 Å². The third kappa shape index (κ3) is 2.84. The Labute approximate surface area is 140 Å². The number of nitrogens with zero attached hydrogens (tertiary/aromatic N) is 4. The summed E-state index contributed by atoms with van der Waals surface area (Å²) in [6.07, 6.45) is 1.56. The summed E-state index contributed by atoms with van der Waals surface area (Å²) < 4.78 is 12.5. The van der Waals surface area contributed by atoms with Gasteiger partial charge in [0.1, 0.15) is 12.2 Å². The second-order valence-electron chi connectivity index (χ2n) is 5.79. The lowest BCUT2D eigenvalue weighted by molar-refractivity contribution is 0.354. The molecule has 0 saturated carbocycles. The van der Waals surface area contributed by atoms with E-state index in [9.17, 15) is 5.11 Å². The summed E-state index contributed by atoms with van der Waals surface area (Å²) in [5.74, 6) is 2.71. The van der Waals surface area contributed by atoms with Crippen molar-refractivity contribution in [2.75, 3.05) is 14.2 Å². The molecule has 0 bridgehead atoms. The lowest BCUT2D eigenvalue weighted by Gasteiger charge is -2.13. The fourth-order valence-electron chi connectivity index (χ4n) is 2.49. The molecule has 2 heterocycles. The SMILES string of the molecule is COc1ccc(Cn2cnc(O)c3nc(C(C)C)nc2-3)cc1OC. The van der Waals surface area contributed by atoms with Gasteiger partial charge in [0.15, 0.2) is 23.0 Å². The molecule has 0 unspecified atom stereocenters. The molecule has 126 valence electrons. The number of aromatic hydroxyl groups is 1. The van der Waals surface area contributed by atoms with Crippen molar-refractivity contribution in [1.82, 2.24) is 19.5 Å². The first-order valence-corrected chi connectivity index (χ1v) is 7.66. The van der Waals surface area contributed by atoms with E-state index in [1.165, 1.54) is 0 Å². The Bertz CT molecular complexity index is 829. The van der Waals surface area contributed by atoms with Crippen LogP contribution in [0, 0.1) is 0 Å². The van der Waals surface area contributed by atoms with E-state index in [4.69, 9.17) is 9.47 Å². The summed E-state index contributed by atoms with van der Waals surface area (Å²) >= 11 is 0. The molecule has 0 radical (unpaired) electrons. The monoisotopic (exact) mass is 328 g/mol. The molecule has 7 heteroatoms. The van der Waals surface area contributed by atoms with Crippen LogP contribution in [0.2, 0.25) is 0 Å². The summed E-state index contributed by atoms with van der Waals surface area (Å²) in [4.78, 5) is 12.9. The van der Waals surface area contributed by atoms with Crippen LogP contribution in [-0.4, -0.2) is 38.8 Å². The molecule has 0 fully saturated rings. The van der Waals surface area contributed by atoms with Crippen LogP contribution in [0.5, 0.6) is 17.4 Å². The van der Waals surface area contributed by atoms with E-state index < -0.39 is 0 Å². The van der Waals surface area contributed by atoms with Crippen molar-refractivity contribution < 1.29 is 14.6 Å². The number of hydrogen-bond donors (Lipinski definition) is 1. The van der Waals surface area contributed by atoms with E-state index in [1.807, 2.05) is 36.6 Å². The van der Waals surface area contributed by atoms with Crippen molar-refractivity contribution in [3.8, 4) is 28.9 Å². The van der Waals surface area contributed by atoms with Crippen molar-refractivity contribution in [3.63, 3.8) is 0 Å². The first kappa shape index (κ1) is 16.0. The Morgan fingerprint density at radius 1 is 1.12 bits per heavy atom. The summed E-state index contributed by atoms with van der Waals surface area (Å²) in [6.45, 7) is 4.55. The van der Waals surface area contributed by atoms with Crippen LogP contribution < -0.4 is 9.47 Å². The Kier molecular flexibility index (Phi) is 4.24. The standard InChI is InChI=1S/C17H20N4O3/c1-10(2)15-19-14-16(20-15)21(9-18-17(14)22)8-11-5-6-12(23-3)13(7-11)24-4/h5-7,9-10,22H,8H2,1-4H3. The molecule has 1 N–H and O–H groups in total. The van der Waals surface area contributed by atoms with E-state index in [0.717, 1.165) is 5.56 Å². The van der Waals surface area contributed by atoms with Crippen molar-refractivity contribution in [3.05, 3.63) is 35.9 Å². The molecular weight excluding hydrogens is 308 g/mol. The van der Waals surface area contributed by atoms with E-state index >= 15 is 0 Å². The molecule has 3 rings (SSSR count). The van der Waals surface area contributed by atoms with Gasteiger partial charge in [0.05, 0.1) is 20.8 Å². The maximum atomic E-state index is 9.94. The largest absolute Gasteiger partial charge is 0.493 e. The van der Waals surface area contributed by atoms with Gasteiger partial charge in [-0.2, -0.15) is 0 Å². The summed E-state index contributed by atoms with van der Waals surface area (Å²) in [5, 5.41) is 9.94. The van der Waals surface area contributed by atoms with Crippen molar-refractivity contribution >= 4 is 0 Å². The smallest absolute Gasteiger partial charge is 0.242 e. The minimum Gasteiger partial charge on any atom is -0.493 e. The predicted octanol–water partition coefficient (Wildman–Crippen LogP) is 2.67. The normalized spacial score (nSPS) is 11.2. The molecule has 7 nitrogen and oxygen atoms in total. The van der Waals surface area contributed by atoms with Gasteiger partial charge < -0.3 is 19.1 Å². The number of methoxy groups -OCH3 is 2. The molecule has 1 aromatic carbocycles. The van der Waals surface area contributed by atoms with Crippen LogP contribution in [0.25, 0.3) is 11.5 Å². The molecule has 0 spiro atoms. The third-order valence-electron chi connectivity index (χ3n) is 3.78. The molecule has 2 aliphatic rings. The molecule has 0 atom stereocenters. The van der Waals surface area contributed by atoms with Crippen molar-refractivity contribution in [2.45, 2.75) is 26.3 Å². The number of rotatable bonds is 5.